The Hall–Kier alpha value is -1.21. The normalized spacial score (nSPS) is 16.2. The molecule has 1 aromatic heterocycles. The number of thiazole rings is 1. The SMILES string of the molecule is Cc1cc(Cl)cc2sc(N(CCN3CCOCC3)C(=O)C(C)(C)C)nc12. The average Bonchev–Trinajstić information content (AvgIpc) is 2.99. The van der Waals surface area contributed by atoms with E-state index in [4.69, 9.17) is 21.3 Å². The average molecular weight is 396 g/mol. The van der Waals surface area contributed by atoms with Gasteiger partial charge in [0.15, 0.2) is 5.13 Å². The summed E-state index contributed by atoms with van der Waals surface area (Å²) in [6.07, 6.45) is 0. The molecule has 1 fully saturated rings. The van der Waals surface area contributed by atoms with E-state index < -0.39 is 5.41 Å². The second kappa shape index (κ2) is 7.80. The zero-order chi connectivity index (χ0) is 18.9. The molecule has 0 saturated carbocycles. The van der Waals surface area contributed by atoms with Gasteiger partial charge in [-0.2, -0.15) is 0 Å². The van der Waals surface area contributed by atoms with Crippen LogP contribution < -0.4 is 4.90 Å². The van der Waals surface area contributed by atoms with E-state index in [1.54, 1.807) is 0 Å². The highest BCUT2D eigenvalue weighted by Gasteiger charge is 2.30. The maximum Gasteiger partial charge on any atom is 0.234 e. The van der Waals surface area contributed by atoms with Gasteiger partial charge in [-0.05, 0) is 24.6 Å². The number of aromatic nitrogens is 1. The van der Waals surface area contributed by atoms with Crippen molar-refractivity contribution in [3.63, 3.8) is 0 Å². The van der Waals surface area contributed by atoms with Gasteiger partial charge in [0.05, 0.1) is 23.4 Å². The summed E-state index contributed by atoms with van der Waals surface area (Å²) in [6.45, 7) is 12.6. The van der Waals surface area contributed by atoms with Gasteiger partial charge in [-0.25, -0.2) is 4.98 Å². The minimum Gasteiger partial charge on any atom is -0.379 e. The Morgan fingerprint density at radius 2 is 2.04 bits per heavy atom. The van der Waals surface area contributed by atoms with Crippen molar-refractivity contribution < 1.29 is 9.53 Å². The number of carbonyl (C=O) groups is 1. The molecular formula is C19H26ClN3O2S. The van der Waals surface area contributed by atoms with Crippen LogP contribution in [0.1, 0.15) is 26.3 Å². The number of benzene rings is 1. The molecule has 5 nitrogen and oxygen atoms in total. The van der Waals surface area contributed by atoms with E-state index in [9.17, 15) is 4.79 Å². The van der Waals surface area contributed by atoms with Crippen LogP contribution in [0.15, 0.2) is 12.1 Å². The van der Waals surface area contributed by atoms with Crippen LogP contribution in [0.3, 0.4) is 0 Å². The molecule has 0 spiro atoms. The first kappa shape index (κ1) is 19.5. The van der Waals surface area contributed by atoms with Crippen molar-refractivity contribution >= 4 is 44.2 Å². The summed E-state index contributed by atoms with van der Waals surface area (Å²) in [5, 5.41) is 1.45. The number of hydrogen-bond donors (Lipinski definition) is 0. The number of aryl methyl sites for hydroxylation is 1. The van der Waals surface area contributed by atoms with Crippen molar-refractivity contribution in [3.8, 4) is 0 Å². The lowest BCUT2D eigenvalue weighted by Gasteiger charge is -2.31. The maximum absolute atomic E-state index is 13.1. The predicted octanol–water partition coefficient (Wildman–Crippen LogP) is 3.97. The number of ether oxygens (including phenoxy) is 1. The molecule has 0 radical (unpaired) electrons. The van der Waals surface area contributed by atoms with E-state index in [1.165, 1.54) is 11.3 Å². The van der Waals surface area contributed by atoms with Crippen molar-refractivity contribution in [2.75, 3.05) is 44.3 Å². The molecule has 0 aliphatic carbocycles. The molecule has 0 unspecified atom stereocenters. The largest absolute Gasteiger partial charge is 0.379 e. The molecule has 2 aromatic rings. The lowest BCUT2D eigenvalue weighted by molar-refractivity contribution is -0.125. The summed E-state index contributed by atoms with van der Waals surface area (Å²) >= 11 is 7.72. The Morgan fingerprint density at radius 1 is 1.35 bits per heavy atom. The molecule has 1 aliphatic heterocycles. The Kier molecular flexibility index (Phi) is 5.87. The van der Waals surface area contributed by atoms with E-state index in [-0.39, 0.29) is 5.91 Å². The van der Waals surface area contributed by atoms with Gasteiger partial charge in [0, 0.05) is 36.6 Å². The van der Waals surface area contributed by atoms with Gasteiger partial charge >= 0.3 is 0 Å². The fourth-order valence-electron chi connectivity index (χ4n) is 3.01. The van der Waals surface area contributed by atoms with Crippen LogP contribution in [0.25, 0.3) is 10.2 Å². The van der Waals surface area contributed by atoms with Crippen LogP contribution in [0.4, 0.5) is 5.13 Å². The van der Waals surface area contributed by atoms with Crippen molar-refractivity contribution in [1.29, 1.82) is 0 Å². The third-order valence-corrected chi connectivity index (χ3v) is 5.74. The standard InChI is InChI=1S/C19H26ClN3O2S/c1-13-11-14(20)12-15-16(13)21-18(26-15)23(17(24)19(2,3)4)6-5-22-7-9-25-10-8-22/h11-12H,5-10H2,1-4H3. The predicted molar refractivity (Wildman–Crippen MR) is 108 cm³/mol. The zero-order valence-electron chi connectivity index (χ0n) is 15.8. The smallest absolute Gasteiger partial charge is 0.234 e. The van der Waals surface area contributed by atoms with E-state index in [1.807, 2.05) is 44.7 Å². The highest BCUT2D eigenvalue weighted by molar-refractivity contribution is 7.22. The molecule has 2 heterocycles. The molecule has 3 rings (SSSR count). The molecule has 1 aliphatic rings. The molecule has 0 atom stereocenters. The third kappa shape index (κ3) is 4.36. The van der Waals surface area contributed by atoms with Gasteiger partial charge in [-0.15, -0.1) is 0 Å². The van der Waals surface area contributed by atoms with Gasteiger partial charge in [-0.1, -0.05) is 43.7 Å². The van der Waals surface area contributed by atoms with E-state index in [0.29, 0.717) is 11.6 Å². The number of nitrogens with zero attached hydrogens (tertiary/aromatic N) is 3. The van der Waals surface area contributed by atoms with Gasteiger partial charge in [-0.3, -0.25) is 14.6 Å². The number of morpholine rings is 1. The van der Waals surface area contributed by atoms with Gasteiger partial charge < -0.3 is 4.74 Å². The molecule has 7 heteroatoms. The fourth-order valence-corrected chi connectivity index (χ4v) is 4.46. The third-order valence-electron chi connectivity index (χ3n) is 4.50. The molecule has 26 heavy (non-hydrogen) atoms. The highest BCUT2D eigenvalue weighted by Crippen LogP contribution is 2.34. The first-order chi connectivity index (χ1) is 12.3. The van der Waals surface area contributed by atoms with Crippen molar-refractivity contribution in [3.05, 3.63) is 22.7 Å². The number of amides is 1. The number of halogens is 1. The zero-order valence-corrected chi connectivity index (χ0v) is 17.4. The van der Waals surface area contributed by atoms with E-state index in [0.717, 1.165) is 53.8 Å². The molecule has 1 amide bonds. The van der Waals surface area contributed by atoms with E-state index in [2.05, 4.69) is 4.90 Å². The summed E-state index contributed by atoms with van der Waals surface area (Å²) in [5.74, 6) is 0.0913. The molecule has 0 N–H and O–H groups in total. The first-order valence-electron chi connectivity index (χ1n) is 8.94. The van der Waals surface area contributed by atoms with Gasteiger partial charge in [0.1, 0.15) is 0 Å². The second-order valence-corrected chi connectivity index (χ2v) is 9.17. The van der Waals surface area contributed by atoms with Crippen LogP contribution >= 0.6 is 22.9 Å². The topological polar surface area (TPSA) is 45.7 Å². The van der Waals surface area contributed by atoms with Crippen LogP contribution in [0.5, 0.6) is 0 Å². The summed E-state index contributed by atoms with van der Waals surface area (Å²) in [5.41, 5.74) is 1.49. The van der Waals surface area contributed by atoms with Crippen LogP contribution in [-0.2, 0) is 9.53 Å². The second-order valence-electron chi connectivity index (χ2n) is 7.73. The summed E-state index contributed by atoms with van der Waals surface area (Å²) in [7, 11) is 0. The Bertz CT molecular complexity index is 794. The summed E-state index contributed by atoms with van der Waals surface area (Å²) in [4.78, 5) is 22.0. The Labute approximate surface area is 163 Å². The van der Waals surface area contributed by atoms with Crippen LogP contribution in [0.2, 0.25) is 5.02 Å². The fraction of sp³-hybridized carbons (Fsp3) is 0.579. The van der Waals surface area contributed by atoms with Crippen LogP contribution in [-0.4, -0.2) is 55.2 Å². The number of carbonyl (C=O) groups excluding carboxylic acids is 1. The summed E-state index contributed by atoms with van der Waals surface area (Å²) < 4.78 is 6.43. The molecule has 0 bridgehead atoms. The molecule has 1 aromatic carbocycles. The minimum atomic E-state index is -0.463. The lowest BCUT2D eigenvalue weighted by atomic mass is 9.95. The monoisotopic (exact) mass is 395 g/mol. The lowest BCUT2D eigenvalue weighted by Crippen LogP contribution is -2.46. The van der Waals surface area contributed by atoms with Gasteiger partial charge in [0.25, 0.3) is 0 Å². The molecule has 1 saturated heterocycles. The number of rotatable bonds is 4. The Morgan fingerprint density at radius 3 is 2.69 bits per heavy atom. The maximum atomic E-state index is 13.1. The van der Waals surface area contributed by atoms with Crippen molar-refractivity contribution in [2.24, 2.45) is 5.41 Å². The van der Waals surface area contributed by atoms with E-state index >= 15 is 0 Å². The summed E-state index contributed by atoms with van der Waals surface area (Å²) in [6, 6.07) is 3.84. The van der Waals surface area contributed by atoms with Crippen molar-refractivity contribution in [2.45, 2.75) is 27.7 Å². The minimum absolute atomic E-state index is 0.0913. The highest BCUT2D eigenvalue weighted by atomic mass is 35.5. The number of fused-ring (bicyclic) bond motifs is 1. The number of anilines is 1. The quantitative estimate of drug-likeness (QED) is 0.785. The molecular weight excluding hydrogens is 370 g/mol. The number of hydrogen-bond acceptors (Lipinski definition) is 5. The van der Waals surface area contributed by atoms with Crippen molar-refractivity contribution in [1.82, 2.24) is 9.88 Å². The molecule has 142 valence electrons. The van der Waals surface area contributed by atoms with Crippen LogP contribution in [0, 0.1) is 12.3 Å². The first-order valence-corrected chi connectivity index (χ1v) is 10.1. The van der Waals surface area contributed by atoms with Gasteiger partial charge in [0.2, 0.25) is 5.91 Å². The Balaban J connectivity index is 1.89.